The van der Waals surface area contributed by atoms with Crippen LogP contribution in [0, 0.1) is 6.92 Å². The molecule has 1 aromatic heterocycles. The summed E-state index contributed by atoms with van der Waals surface area (Å²) in [6.45, 7) is 4.07. The number of aryl methyl sites for hydroxylation is 1. The number of pyridine rings is 1. The van der Waals surface area contributed by atoms with Crippen LogP contribution < -0.4 is 11.1 Å². The maximum atomic E-state index is 12.2. The number of amides is 1. The average molecular weight is 297 g/mol. The van der Waals surface area contributed by atoms with E-state index in [1.807, 2.05) is 31.2 Å². The molecule has 1 aromatic carbocycles. The van der Waals surface area contributed by atoms with Crippen molar-refractivity contribution in [1.29, 1.82) is 0 Å². The summed E-state index contributed by atoms with van der Waals surface area (Å²) in [7, 11) is 0. The molecule has 3 N–H and O–H groups in total. The highest BCUT2D eigenvalue weighted by atomic mass is 16.1. The third-order valence-corrected chi connectivity index (χ3v) is 3.75. The Bertz CT molecular complexity index is 635. The van der Waals surface area contributed by atoms with Crippen molar-refractivity contribution in [3.63, 3.8) is 0 Å². The third-order valence-electron chi connectivity index (χ3n) is 3.75. The highest BCUT2D eigenvalue weighted by Gasteiger charge is 2.10. The Balaban J connectivity index is 2.02. The molecule has 0 unspecified atom stereocenters. The van der Waals surface area contributed by atoms with Crippen molar-refractivity contribution in [2.45, 2.75) is 39.5 Å². The minimum Gasteiger partial charge on any atom is -0.398 e. The number of hydrogen-bond donors (Lipinski definition) is 2. The van der Waals surface area contributed by atoms with Gasteiger partial charge >= 0.3 is 0 Å². The Kier molecular flexibility index (Phi) is 5.53. The van der Waals surface area contributed by atoms with Gasteiger partial charge in [0, 0.05) is 17.6 Å². The van der Waals surface area contributed by atoms with Crippen molar-refractivity contribution in [3.8, 4) is 0 Å². The third kappa shape index (κ3) is 4.07. The molecule has 0 aliphatic rings. The van der Waals surface area contributed by atoms with E-state index in [1.54, 1.807) is 12.3 Å². The van der Waals surface area contributed by atoms with Crippen LogP contribution in [0.5, 0.6) is 0 Å². The van der Waals surface area contributed by atoms with Crippen LogP contribution in [0.25, 0.3) is 0 Å². The van der Waals surface area contributed by atoms with Gasteiger partial charge in [-0.05, 0) is 49.1 Å². The summed E-state index contributed by atoms with van der Waals surface area (Å²) in [5.41, 5.74) is 9.69. The summed E-state index contributed by atoms with van der Waals surface area (Å²) in [5.74, 6) is -0.214. The fourth-order valence-electron chi connectivity index (χ4n) is 2.26. The lowest BCUT2D eigenvalue weighted by Gasteiger charge is -2.10. The van der Waals surface area contributed by atoms with Crippen LogP contribution in [0.2, 0.25) is 0 Å². The monoisotopic (exact) mass is 297 g/mol. The van der Waals surface area contributed by atoms with Gasteiger partial charge < -0.3 is 11.1 Å². The number of rotatable bonds is 6. The molecule has 1 amide bonds. The first-order chi connectivity index (χ1) is 10.6. The zero-order valence-corrected chi connectivity index (χ0v) is 13.2. The standard InChI is InChI=1S/C18H23N3O/c1-3-4-5-7-14-10-11-17(20-12-14)18(22)21-16-9-6-8-15(19)13(16)2/h6,8-12H,3-5,7,19H2,1-2H3,(H,21,22). The number of benzene rings is 1. The van der Waals surface area contributed by atoms with Gasteiger partial charge in [-0.2, -0.15) is 0 Å². The number of nitrogens with one attached hydrogen (secondary N) is 1. The fraction of sp³-hybridized carbons (Fsp3) is 0.333. The number of carbonyl (C=O) groups is 1. The minimum absolute atomic E-state index is 0.214. The van der Waals surface area contributed by atoms with Gasteiger partial charge in [0.15, 0.2) is 0 Å². The van der Waals surface area contributed by atoms with E-state index >= 15 is 0 Å². The Hall–Kier alpha value is -2.36. The van der Waals surface area contributed by atoms with E-state index in [0.29, 0.717) is 11.4 Å². The molecule has 116 valence electrons. The van der Waals surface area contributed by atoms with Crippen molar-refractivity contribution in [2.75, 3.05) is 11.1 Å². The summed E-state index contributed by atoms with van der Waals surface area (Å²) >= 11 is 0. The number of carbonyl (C=O) groups excluding carboxylic acids is 1. The van der Waals surface area contributed by atoms with Crippen molar-refractivity contribution >= 4 is 17.3 Å². The maximum Gasteiger partial charge on any atom is 0.274 e. The van der Waals surface area contributed by atoms with Crippen molar-refractivity contribution in [3.05, 3.63) is 53.3 Å². The Labute approximate surface area is 131 Å². The molecule has 1 heterocycles. The van der Waals surface area contributed by atoms with E-state index in [4.69, 9.17) is 5.73 Å². The Morgan fingerprint density at radius 3 is 2.73 bits per heavy atom. The molecule has 0 saturated carbocycles. The number of unbranched alkanes of at least 4 members (excludes halogenated alkanes) is 2. The minimum atomic E-state index is -0.214. The van der Waals surface area contributed by atoms with Gasteiger partial charge in [0.05, 0.1) is 0 Å². The molecule has 0 aliphatic carbocycles. The van der Waals surface area contributed by atoms with E-state index < -0.39 is 0 Å². The second-order valence-corrected chi connectivity index (χ2v) is 5.48. The summed E-state index contributed by atoms with van der Waals surface area (Å²) in [6.07, 6.45) is 6.38. The molecule has 0 fully saturated rings. The Morgan fingerprint density at radius 1 is 1.23 bits per heavy atom. The van der Waals surface area contributed by atoms with Crippen LogP contribution in [0.4, 0.5) is 11.4 Å². The highest BCUT2D eigenvalue weighted by Crippen LogP contribution is 2.21. The first kappa shape index (κ1) is 16.0. The van der Waals surface area contributed by atoms with Crippen LogP contribution in [-0.2, 0) is 6.42 Å². The SMILES string of the molecule is CCCCCc1ccc(C(=O)Nc2cccc(N)c2C)nc1. The first-order valence-electron chi connectivity index (χ1n) is 7.73. The first-order valence-corrected chi connectivity index (χ1v) is 7.73. The molecule has 0 atom stereocenters. The average Bonchev–Trinajstić information content (AvgIpc) is 2.53. The van der Waals surface area contributed by atoms with Gasteiger partial charge in [-0.15, -0.1) is 0 Å². The summed E-state index contributed by atoms with van der Waals surface area (Å²) in [5, 5.41) is 2.86. The van der Waals surface area contributed by atoms with Crippen molar-refractivity contribution < 1.29 is 4.79 Å². The quantitative estimate of drug-likeness (QED) is 0.626. The number of hydrogen-bond acceptors (Lipinski definition) is 3. The molecule has 4 nitrogen and oxygen atoms in total. The smallest absolute Gasteiger partial charge is 0.274 e. The molecule has 4 heteroatoms. The molecular formula is C18H23N3O. The number of aromatic nitrogens is 1. The second-order valence-electron chi connectivity index (χ2n) is 5.48. The molecule has 2 aromatic rings. The molecular weight excluding hydrogens is 274 g/mol. The van der Waals surface area contributed by atoms with Crippen LogP contribution in [-0.4, -0.2) is 10.9 Å². The lowest BCUT2D eigenvalue weighted by atomic mass is 10.1. The van der Waals surface area contributed by atoms with E-state index in [9.17, 15) is 4.79 Å². The summed E-state index contributed by atoms with van der Waals surface area (Å²) < 4.78 is 0. The van der Waals surface area contributed by atoms with E-state index in [0.717, 1.165) is 24.1 Å². The van der Waals surface area contributed by atoms with E-state index in [2.05, 4.69) is 17.2 Å². The van der Waals surface area contributed by atoms with Crippen LogP contribution in [0.15, 0.2) is 36.5 Å². The normalized spacial score (nSPS) is 10.5. The number of nitrogen functional groups attached to an aromatic ring is 1. The molecule has 0 saturated heterocycles. The molecule has 0 spiro atoms. The fourth-order valence-corrected chi connectivity index (χ4v) is 2.26. The Morgan fingerprint density at radius 2 is 2.05 bits per heavy atom. The van der Waals surface area contributed by atoms with Crippen LogP contribution in [0.1, 0.15) is 47.8 Å². The number of nitrogens with two attached hydrogens (primary N) is 1. The van der Waals surface area contributed by atoms with Gasteiger partial charge in [-0.3, -0.25) is 9.78 Å². The van der Waals surface area contributed by atoms with Gasteiger partial charge in [-0.25, -0.2) is 0 Å². The summed E-state index contributed by atoms with van der Waals surface area (Å²) in [6, 6.07) is 9.22. The van der Waals surface area contributed by atoms with Crippen LogP contribution in [0.3, 0.4) is 0 Å². The largest absolute Gasteiger partial charge is 0.398 e. The molecule has 0 radical (unpaired) electrons. The molecule has 22 heavy (non-hydrogen) atoms. The molecule has 2 rings (SSSR count). The molecule has 0 aliphatic heterocycles. The van der Waals surface area contributed by atoms with E-state index in [1.165, 1.54) is 18.4 Å². The number of nitrogens with zero attached hydrogens (tertiary/aromatic N) is 1. The van der Waals surface area contributed by atoms with Gasteiger partial charge in [0.2, 0.25) is 0 Å². The lowest BCUT2D eigenvalue weighted by Crippen LogP contribution is -2.14. The van der Waals surface area contributed by atoms with Crippen LogP contribution >= 0.6 is 0 Å². The predicted molar refractivity (Wildman–Crippen MR) is 91.0 cm³/mol. The molecule has 0 bridgehead atoms. The van der Waals surface area contributed by atoms with Crippen molar-refractivity contribution in [1.82, 2.24) is 4.98 Å². The topological polar surface area (TPSA) is 68.0 Å². The number of anilines is 2. The van der Waals surface area contributed by atoms with Gasteiger partial charge in [-0.1, -0.05) is 31.9 Å². The van der Waals surface area contributed by atoms with Gasteiger partial charge in [0.25, 0.3) is 5.91 Å². The zero-order chi connectivity index (χ0) is 15.9. The highest BCUT2D eigenvalue weighted by molar-refractivity contribution is 6.03. The van der Waals surface area contributed by atoms with Gasteiger partial charge in [0.1, 0.15) is 5.69 Å². The second kappa shape index (κ2) is 7.59. The summed E-state index contributed by atoms with van der Waals surface area (Å²) in [4.78, 5) is 16.5. The lowest BCUT2D eigenvalue weighted by molar-refractivity contribution is 0.102. The van der Waals surface area contributed by atoms with E-state index in [-0.39, 0.29) is 5.91 Å². The van der Waals surface area contributed by atoms with Crippen molar-refractivity contribution in [2.24, 2.45) is 0 Å². The predicted octanol–water partition coefficient (Wildman–Crippen LogP) is 3.96. The zero-order valence-electron chi connectivity index (χ0n) is 13.2. The maximum absolute atomic E-state index is 12.2.